The third kappa shape index (κ3) is 1.27. The normalized spacial score (nSPS) is 19.2. The molecule has 0 spiro atoms. The lowest BCUT2D eigenvalue weighted by Crippen LogP contribution is -2.29. The van der Waals surface area contributed by atoms with Crippen molar-refractivity contribution in [1.29, 1.82) is 0 Å². The molecule has 16 heavy (non-hydrogen) atoms. The molecule has 0 unspecified atom stereocenters. The lowest BCUT2D eigenvalue weighted by Gasteiger charge is -2.22. The molecule has 84 valence electrons. The number of rotatable bonds is 1. The van der Waals surface area contributed by atoms with E-state index in [9.17, 15) is 9.59 Å². The van der Waals surface area contributed by atoms with Gasteiger partial charge in [-0.15, -0.1) is 0 Å². The highest BCUT2D eigenvalue weighted by atomic mass is 16.1. The Hall–Kier alpha value is -1.65. The van der Waals surface area contributed by atoms with Crippen LogP contribution in [0.4, 0.5) is 0 Å². The van der Waals surface area contributed by atoms with Gasteiger partial charge in [0.2, 0.25) is 6.41 Å². The summed E-state index contributed by atoms with van der Waals surface area (Å²) in [6, 6.07) is 0. The summed E-state index contributed by atoms with van der Waals surface area (Å²) in [5, 5.41) is 4.46. The molecule has 0 aromatic carbocycles. The molecule has 1 aromatic heterocycles. The van der Waals surface area contributed by atoms with Crippen molar-refractivity contribution in [2.45, 2.75) is 32.4 Å². The smallest absolute Gasteiger partial charge is 0.210 e. The van der Waals surface area contributed by atoms with Gasteiger partial charge in [-0.3, -0.25) is 14.3 Å². The maximum atomic E-state index is 11.8. The summed E-state index contributed by atoms with van der Waals surface area (Å²) in [7, 11) is 0. The van der Waals surface area contributed by atoms with Gasteiger partial charge in [-0.1, -0.05) is 0 Å². The molecule has 2 aliphatic heterocycles. The molecule has 0 bridgehead atoms. The first-order valence-corrected chi connectivity index (χ1v) is 5.60. The summed E-state index contributed by atoms with van der Waals surface area (Å²) in [4.78, 5) is 24.3. The van der Waals surface area contributed by atoms with E-state index >= 15 is 0 Å². The third-order valence-corrected chi connectivity index (χ3v) is 3.32. The number of ketones is 1. The molecular formula is C11H13N3O2. The average Bonchev–Trinajstić information content (AvgIpc) is 2.67. The van der Waals surface area contributed by atoms with E-state index in [2.05, 4.69) is 5.10 Å². The standard InChI is InChI=1S/C11H13N3O2/c15-7-13-5-3-9-8(6-13)11-10(16)2-1-4-14(11)12-9/h7H,1-6H2. The Labute approximate surface area is 93.0 Å². The van der Waals surface area contributed by atoms with Gasteiger partial charge in [-0.2, -0.15) is 5.10 Å². The van der Waals surface area contributed by atoms with Crippen LogP contribution in [-0.2, 0) is 24.3 Å². The number of nitrogens with zero attached hydrogens (tertiary/aromatic N) is 3. The monoisotopic (exact) mass is 219 g/mol. The Morgan fingerprint density at radius 2 is 2.12 bits per heavy atom. The van der Waals surface area contributed by atoms with Crippen molar-refractivity contribution in [2.75, 3.05) is 6.54 Å². The van der Waals surface area contributed by atoms with Gasteiger partial charge in [-0.25, -0.2) is 0 Å². The van der Waals surface area contributed by atoms with Gasteiger partial charge >= 0.3 is 0 Å². The van der Waals surface area contributed by atoms with E-state index in [-0.39, 0.29) is 5.78 Å². The second-order valence-electron chi connectivity index (χ2n) is 4.35. The molecule has 2 aliphatic rings. The van der Waals surface area contributed by atoms with Crippen molar-refractivity contribution in [2.24, 2.45) is 0 Å². The van der Waals surface area contributed by atoms with Crippen LogP contribution >= 0.6 is 0 Å². The van der Waals surface area contributed by atoms with Crippen LogP contribution in [0.1, 0.15) is 34.6 Å². The Balaban J connectivity index is 2.07. The van der Waals surface area contributed by atoms with E-state index in [4.69, 9.17) is 0 Å². The van der Waals surface area contributed by atoms with Crippen LogP contribution < -0.4 is 0 Å². The Morgan fingerprint density at radius 1 is 1.25 bits per heavy atom. The SMILES string of the molecule is O=CN1CCc2nn3c(c2C1)C(=O)CCC3. The number of aromatic nitrogens is 2. The maximum absolute atomic E-state index is 11.8. The van der Waals surface area contributed by atoms with Gasteiger partial charge in [0.25, 0.3) is 0 Å². The number of amides is 1. The molecule has 3 rings (SSSR count). The highest BCUT2D eigenvalue weighted by Gasteiger charge is 2.29. The number of aryl methyl sites for hydroxylation is 1. The molecule has 1 aromatic rings. The topological polar surface area (TPSA) is 55.2 Å². The lowest BCUT2D eigenvalue weighted by atomic mass is 10.00. The fraction of sp³-hybridized carbons (Fsp3) is 0.545. The number of carbonyl (C=O) groups is 2. The molecular weight excluding hydrogens is 206 g/mol. The van der Waals surface area contributed by atoms with Crippen LogP contribution in [-0.4, -0.2) is 33.4 Å². The minimum absolute atomic E-state index is 0.174. The van der Waals surface area contributed by atoms with Crippen molar-refractivity contribution in [1.82, 2.24) is 14.7 Å². The quantitative estimate of drug-likeness (QED) is 0.641. The van der Waals surface area contributed by atoms with Crippen LogP contribution in [0.2, 0.25) is 0 Å². The highest BCUT2D eigenvalue weighted by Crippen LogP contribution is 2.25. The molecule has 1 amide bonds. The summed E-state index contributed by atoms with van der Waals surface area (Å²) in [5.74, 6) is 0.174. The first kappa shape index (κ1) is 9.57. The van der Waals surface area contributed by atoms with Crippen molar-refractivity contribution in [3.8, 4) is 0 Å². The number of carbonyl (C=O) groups excluding carboxylic acids is 2. The Bertz CT molecular complexity index is 464. The fourth-order valence-electron chi connectivity index (χ4n) is 2.52. The molecule has 0 saturated carbocycles. The van der Waals surface area contributed by atoms with Crippen molar-refractivity contribution in [3.05, 3.63) is 17.0 Å². The number of hydrogen-bond donors (Lipinski definition) is 0. The van der Waals surface area contributed by atoms with Crippen LogP contribution in [0.25, 0.3) is 0 Å². The number of fused-ring (bicyclic) bond motifs is 3. The second kappa shape index (κ2) is 3.43. The van der Waals surface area contributed by atoms with Gasteiger partial charge in [0, 0.05) is 38.0 Å². The van der Waals surface area contributed by atoms with Crippen molar-refractivity contribution < 1.29 is 9.59 Å². The minimum atomic E-state index is 0.174. The van der Waals surface area contributed by atoms with Crippen LogP contribution in [0, 0.1) is 0 Å². The molecule has 5 nitrogen and oxygen atoms in total. The summed E-state index contributed by atoms with van der Waals surface area (Å²) in [6.45, 7) is 2.08. The van der Waals surface area contributed by atoms with Gasteiger partial charge in [-0.05, 0) is 6.42 Å². The minimum Gasteiger partial charge on any atom is -0.340 e. The molecule has 3 heterocycles. The predicted octanol–water partition coefficient (Wildman–Crippen LogP) is 0.374. The fourth-order valence-corrected chi connectivity index (χ4v) is 2.52. The summed E-state index contributed by atoms with van der Waals surface area (Å²) in [6.07, 6.45) is 3.10. The van der Waals surface area contributed by atoms with Crippen LogP contribution in [0.15, 0.2) is 0 Å². The van der Waals surface area contributed by atoms with Gasteiger partial charge < -0.3 is 4.90 Å². The third-order valence-electron chi connectivity index (χ3n) is 3.32. The molecule has 0 N–H and O–H groups in total. The number of Topliss-reactive ketones (excluding diaryl/α,β-unsaturated/α-hetero) is 1. The second-order valence-corrected chi connectivity index (χ2v) is 4.35. The van der Waals surface area contributed by atoms with E-state index in [1.807, 2.05) is 4.68 Å². The maximum Gasteiger partial charge on any atom is 0.210 e. The Morgan fingerprint density at radius 3 is 2.94 bits per heavy atom. The summed E-state index contributed by atoms with van der Waals surface area (Å²) >= 11 is 0. The van der Waals surface area contributed by atoms with Crippen molar-refractivity contribution >= 4 is 12.2 Å². The first-order valence-electron chi connectivity index (χ1n) is 5.60. The lowest BCUT2D eigenvalue weighted by molar-refractivity contribution is -0.118. The molecule has 5 heteroatoms. The summed E-state index contributed by atoms with van der Waals surface area (Å²) in [5.41, 5.74) is 2.72. The molecule has 0 atom stereocenters. The van der Waals surface area contributed by atoms with E-state index in [1.165, 1.54) is 0 Å². The summed E-state index contributed by atoms with van der Waals surface area (Å²) < 4.78 is 1.82. The zero-order chi connectivity index (χ0) is 11.1. The zero-order valence-corrected chi connectivity index (χ0v) is 8.98. The highest BCUT2D eigenvalue weighted by molar-refractivity contribution is 5.96. The van der Waals surface area contributed by atoms with Crippen molar-refractivity contribution in [3.63, 3.8) is 0 Å². The molecule has 0 fully saturated rings. The number of hydrogen-bond acceptors (Lipinski definition) is 3. The van der Waals surface area contributed by atoms with E-state index in [0.29, 0.717) is 19.5 Å². The zero-order valence-electron chi connectivity index (χ0n) is 8.98. The van der Waals surface area contributed by atoms with Gasteiger partial charge in [0.05, 0.1) is 5.69 Å². The molecule has 0 radical (unpaired) electrons. The first-order chi connectivity index (χ1) is 7.79. The Kier molecular flexibility index (Phi) is 2.05. The average molecular weight is 219 g/mol. The predicted molar refractivity (Wildman–Crippen MR) is 56.0 cm³/mol. The largest absolute Gasteiger partial charge is 0.340 e. The van der Waals surface area contributed by atoms with Gasteiger partial charge in [0.1, 0.15) is 5.69 Å². The van der Waals surface area contributed by atoms with Crippen LogP contribution in [0.3, 0.4) is 0 Å². The molecule has 0 aliphatic carbocycles. The van der Waals surface area contributed by atoms with E-state index in [0.717, 1.165) is 42.7 Å². The van der Waals surface area contributed by atoms with Gasteiger partial charge in [0.15, 0.2) is 5.78 Å². The van der Waals surface area contributed by atoms with Crippen LogP contribution in [0.5, 0.6) is 0 Å². The van der Waals surface area contributed by atoms with E-state index in [1.54, 1.807) is 4.90 Å². The molecule has 0 saturated heterocycles. The van der Waals surface area contributed by atoms with E-state index < -0.39 is 0 Å².